The summed E-state index contributed by atoms with van der Waals surface area (Å²) in [5.41, 5.74) is -0.955. The SMILES string of the molecule is CCC(CC(C)(CC(C)C(=O)OC)C(=O)NCNC)C(=O)O. The molecule has 0 saturated heterocycles. The Morgan fingerprint density at radius 1 is 1.27 bits per heavy atom. The van der Waals surface area contributed by atoms with Gasteiger partial charge in [-0.1, -0.05) is 20.8 Å². The molecule has 0 radical (unpaired) electrons. The fourth-order valence-corrected chi connectivity index (χ4v) is 2.56. The van der Waals surface area contributed by atoms with Crippen LogP contribution in [0.15, 0.2) is 0 Å². The molecule has 7 heteroatoms. The van der Waals surface area contributed by atoms with Gasteiger partial charge >= 0.3 is 11.9 Å². The maximum absolute atomic E-state index is 12.4. The van der Waals surface area contributed by atoms with Crippen molar-refractivity contribution in [3.8, 4) is 0 Å². The average Bonchev–Trinajstić information content (AvgIpc) is 2.48. The lowest BCUT2D eigenvalue weighted by Crippen LogP contribution is -2.45. The predicted molar refractivity (Wildman–Crippen MR) is 82.0 cm³/mol. The van der Waals surface area contributed by atoms with Gasteiger partial charge in [0.25, 0.3) is 0 Å². The van der Waals surface area contributed by atoms with Gasteiger partial charge in [0, 0.05) is 5.41 Å². The molecule has 1 amide bonds. The van der Waals surface area contributed by atoms with E-state index < -0.39 is 29.2 Å². The highest BCUT2D eigenvalue weighted by Gasteiger charge is 2.39. The number of nitrogens with one attached hydrogen (secondary N) is 2. The van der Waals surface area contributed by atoms with Crippen LogP contribution < -0.4 is 10.6 Å². The Morgan fingerprint density at radius 2 is 1.86 bits per heavy atom. The summed E-state index contributed by atoms with van der Waals surface area (Å²) in [4.78, 5) is 35.4. The Kier molecular flexibility index (Phi) is 8.70. The Morgan fingerprint density at radius 3 is 2.27 bits per heavy atom. The number of methoxy groups -OCH3 is 1. The van der Waals surface area contributed by atoms with Gasteiger partial charge in [-0.3, -0.25) is 14.4 Å². The van der Waals surface area contributed by atoms with Crippen molar-refractivity contribution in [3.63, 3.8) is 0 Å². The number of esters is 1. The van der Waals surface area contributed by atoms with Gasteiger partial charge in [0.1, 0.15) is 0 Å². The molecule has 0 aromatic carbocycles. The minimum absolute atomic E-state index is 0.176. The summed E-state index contributed by atoms with van der Waals surface area (Å²) in [6.07, 6.45) is 0.839. The number of carbonyl (C=O) groups is 3. The molecule has 3 atom stereocenters. The second-order valence-corrected chi connectivity index (χ2v) is 5.87. The van der Waals surface area contributed by atoms with Crippen LogP contribution in [0.1, 0.15) is 40.0 Å². The zero-order chi connectivity index (χ0) is 17.3. The van der Waals surface area contributed by atoms with Crippen LogP contribution >= 0.6 is 0 Å². The van der Waals surface area contributed by atoms with Crippen molar-refractivity contribution in [2.45, 2.75) is 40.0 Å². The van der Waals surface area contributed by atoms with Crippen LogP contribution in [0.25, 0.3) is 0 Å². The fourth-order valence-electron chi connectivity index (χ4n) is 2.56. The van der Waals surface area contributed by atoms with Gasteiger partial charge in [-0.15, -0.1) is 0 Å². The van der Waals surface area contributed by atoms with Crippen molar-refractivity contribution in [1.29, 1.82) is 0 Å². The van der Waals surface area contributed by atoms with Crippen LogP contribution in [0.5, 0.6) is 0 Å². The summed E-state index contributed by atoms with van der Waals surface area (Å²) in [6.45, 7) is 5.43. The number of ether oxygens (including phenoxy) is 1. The van der Waals surface area contributed by atoms with Crippen molar-refractivity contribution in [3.05, 3.63) is 0 Å². The highest BCUT2D eigenvalue weighted by molar-refractivity contribution is 5.84. The van der Waals surface area contributed by atoms with Crippen LogP contribution in [0.2, 0.25) is 0 Å². The molecule has 3 unspecified atom stereocenters. The molecule has 7 nitrogen and oxygen atoms in total. The molecule has 0 aliphatic heterocycles. The number of amides is 1. The van der Waals surface area contributed by atoms with E-state index in [1.165, 1.54) is 7.11 Å². The predicted octanol–water partition coefficient (Wildman–Crippen LogP) is 0.986. The first-order chi connectivity index (χ1) is 10.2. The molecule has 0 rings (SSSR count). The molecule has 0 heterocycles. The molecule has 22 heavy (non-hydrogen) atoms. The number of aliphatic carboxylic acids is 1. The smallest absolute Gasteiger partial charge is 0.308 e. The van der Waals surface area contributed by atoms with Crippen LogP contribution in [-0.2, 0) is 19.1 Å². The number of carboxylic acid groups (broad SMARTS) is 1. The van der Waals surface area contributed by atoms with E-state index in [-0.39, 0.29) is 25.4 Å². The molecular weight excluding hydrogens is 288 g/mol. The van der Waals surface area contributed by atoms with E-state index in [1.807, 2.05) is 0 Å². The van der Waals surface area contributed by atoms with E-state index in [0.29, 0.717) is 6.42 Å². The van der Waals surface area contributed by atoms with Gasteiger partial charge in [-0.05, 0) is 26.3 Å². The summed E-state index contributed by atoms with van der Waals surface area (Å²) in [5, 5.41) is 14.8. The molecule has 0 bridgehead atoms. The third-order valence-electron chi connectivity index (χ3n) is 3.87. The second-order valence-electron chi connectivity index (χ2n) is 5.87. The highest BCUT2D eigenvalue weighted by atomic mass is 16.5. The lowest BCUT2D eigenvalue weighted by atomic mass is 9.73. The number of carbonyl (C=O) groups excluding carboxylic acids is 2. The molecule has 0 fully saturated rings. The maximum atomic E-state index is 12.4. The van der Waals surface area contributed by atoms with Gasteiger partial charge in [0.05, 0.1) is 25.6 Å². The standard InChI is InChI=1S/C15H28N2O5/c1-6-11(12(18)19)8-15(3,14(21)17-9-16-4)7-10(2)13(20)22-5/h10-11,16H,6-9H2,1-5H3,(H,17,21)(H,18,19). The summed E-state index contributed by atoms with van der Waals surface area (Å²) in [5.74, 6) is -2.72. The molecular formula is C15H28N2O5. The first-order valence-corrected chi connectivity index (χ1v) is 7.45. The number of carboxylic acids is 1. The van der Waals surface area contributed by atoms with Gasteiger partial charge in [0.15, 0.2) is 0 Å². The molecule has 0 aromatic rings. The van der Waals surface area contributed by atoms with Crippen LogP contribution in [0.4, 0.5) is 0 Å². The van der Waals surface area contributed by atoms with E-state index in [2.05, 4.69) is 10.6 Å². The molecule has 128 valence electrons. The molecule has 0 spiro atoms. The molecule has 0 aromatic heterocycles. The zero-order valence-electron chi connectivity index (χ0n) is 14.1. The maximum Gasteiger partial charge on any atom is 0.308 e. The third kappa shape index (κ3) is 6.01. The first-order valence-electron chi connectivity index (χ1n) is 7.45. The third-order valence-corrected chi connectivity index (χ3v) is 3.87. The van der Waals surface area contributed by atoms with Gasteiger partial charge in [0.2, 0.25) is 5.91 Å². The fraction of sp³-hybridized carbons (Fsp3) is 0.800. The largest absolute Gasteiger partial charge is 0.481 e. The van der Waals surface area contributed by atoms with E-state index in [9.17, 15) is 19.5 Å². The summed E-state index contributed by atoms with van der Waals surface area (Å²) in [7, 11) is 2.99. The number of rotatable bonds is 10. The van der Waals surface area contributed by atoms with E-state index >= 15 is 0 Å². The Bertz CT molecular complexity index is 399. The normalized spacial score (nSPS) is 16.2. The molecule has 0 saturated carbocycles. The Hall–Kier alpha value is -1.63. The van der Waals surface area contributed by atoms with Crippen LogP contribution in [0, 0.1) is 17.3 Å². The molecule has 0 aliphatic carbocycles. The van der Waals surface area contributed by atoms with Crippen LogP contribution in [0.3, 0.4) is 0 Å². The van der Waals surface area contributed by atoms with Gasteiger partial charge in [-0.25, -0.2) is 0 Å². The summed E-state index contributed by atoms with van der Waals surface area (Å²) in [6, 6.07) is 0. The topological polar surface area (TPSA) is 105 Å². The highest BCUT2D eigenvalue weighted by Crippen LogP contribution is 2.35. The van der Waals surface area contributed by atoms with E-state index in [1.54, 1.807) is 27.8 Å². The van der Waals surface area contributed by atoms with E-state index in [4.69, 9.17) is 4.74 Å². The van der Waals surface area contributed by atoms with Crippen molar-refractivity contribution in [2.75, 3.05) is 20.8 Å². The number of hydrogen-bond acceptors (Lipinski definition) is 5. The quantitative estimate of drug-likeness (QED) is 0.410. The lowest BCUT2D eigenvalue weighted by molar-refractivity contribution is -0.148. The first kappa shape index (κ1) is 20.4. The monoisotopic (exact) mass is 316 g/mol. The Balaban J connectivity index is 5.23. The average molecular weight is 316 g/mol. The van der Waals surface area contributed by atoms with Gasteiger partial charge in [-0.2, -0.15) is 0 Å². The Labute approximate surface area is 131 Å². The van der Waals surface area contributed by atoms with Crippen molar-refractivity contribution in [1.82, 2.24) is 10.6 Å². The second kappa shape index (κ2) is 9.40. The zero-order valence-corrected chi connectivity index (χ0v) is 14.1. The minimum Gasteiger partial charge on any atom is -0.481 e. The summed E-state index contributed by atoms with van der Waals surface area (Å²) >= 11 is 0. The number of hydrogen-bond donors (Lipinski definition) is 3. The van der Waals surface area contributed by atoms with Crippen molar-refractivity contribution < 1.29 is 24.2 Å². The van der Waals surface area contributed by atoms with E-state index in [0.717, 1.165) is 0 Å². The molecule has 3 N–H and O–H groups in total. The van der Waals surface area contributed by atoms with Crippen molar-refractivity contribution in [2.24, 2.45) is 17.3 Å². The summed E-state index contributed by atoms with van der Waals surface area (Å²) < 4.78 is 4.70. The van der Waals surface area contributed by atoms with Crippen LogP contribution in [-0.4, -0.2) is 43.8 Å². The minimum atomic E-state index is -0.955. The lowest BCUT2D eigenvalue weighted by Gasteiger charge is -2.32. The van der Waals surface area contributed by atoms with Gasteiger partial charge < -0.3 is 20.5 Å². The van der Waals surface area contributed by atoms with Crippen molar-refractivity contribution >= 4 is 17.8 Å². The molecule has 0 aliphatic rings.